The lowest BCUT2D eigenvalue weighted by molar-refractivity contribution is -0.122. The van der Waals surface area contributed by atoms with Crippen LogP contribution in [0.1, 0.15) is 44.1 Å². The van der Waals surface area contributed by atoms with Crippen molar-refractivity contribution in [1.82, 2.24) is 19.8 Å². The van der Waals surface area contributed by atoms with Crippen molar-refractivity contribution < 1.29 is 23.8 Å². The van der Waals surface area contributed by atoms with Gasteiger partial charge >= 0.3 is 5.69 Å². The number of ether oxygens (including phenoxy) is 3. The molecule has 0 bridgehead atoms. The highest BCUT2D eigenvalue weighted by Gasteiger charge is 2.19. The zero-order valence-corrected chi connectivity index (χ0v) is 22.4. The van der Waals surface area contributed by atoms with Crippen LogP contribution < -0.4 is 31.4 Å². The molecule has 1 saturated heterocycles. The topological polar surface area (TPSA) is 130 Å². The predicted molar refractivity (Wildman–Crippen MR) is 145 cm³/mol. The molecule has 3 aromatic rings. The van der Waals surface area contributed by atoms with E-state index in [2.05, 4.69) is 10.6 Å². The van der Waals surface area contributed by atoms with Gasteiger partial charge in [-0.15, -0.1) is 11.3 Å². The lowest BCUT2D eigenvalue weighted by Crippen LogP contribution is -2.43. The molecule has 2 N–H and O–H groups in total. The van der Waals surface area contributed by atoms with Gasteiger partial charge in [-0.2, -0.15) is 0 Å². The number of nitrogens with one attached hydrogen (secondary N) is 2. The summed E-state index contributed by atoms with van der Waals surface area (Å²) in [6.07, 6.45) is 4.10. The van der Waals surface area contributed by atoms with Gasteiger partial charge in [0.2, 0.25) is 18.6 Å². The molecular formula is C27H32N4O7S. The first-order valence-electron chi connectivity index (χ1n) is 13.2. The number of fused-ring (bicyclic) bond motifs is 2. The van der Waals surface area contributed by atoms with Gasteiger partial charge in [0.1, 0.15) is 11.2 Å². The van der Waals surface area contributed by atoms with Crippen molar-refractivity contribution >= 4 is 33.4 Å². The second-order valence-electron chi connectivity index (χ2n) is 9.67. The number of rotatable bonds is 12. The van der Waals surface area contributed by atoms with Crippen LogP contribution in [0.4, 0.5) is 0 Å². The first kappa shape index (κ1) is 26.9. The molecule has 12 heteroatoms. The van der Waals surface area contributed by atoms with E-state index in [9.17, 15) is 19.2 Å². The van der Waals surface area contributed by atoms with E-state index in [4.69, 9.17) is 14.2 Å². The van der Waals surface area contributed by atoms with Crippen molar-refractivity contribution in [2.75, 3.05) is 19.9 Å². The number of carbonyl (C=O) groups excluding carboxylic acids is 2. The molecule has 2 aliphatic rings. The minimum atomic E-state index is -0.500. The number of amides is 2. The van der Waals surface area contributed by atoms with Crippen molar-refractivity contribution in [2.45, 2.75) is 64.3 Å². The van der Waals surface area contributed by atoms with Crippen molar-refractivity contribution in [2.24, 2.45) is 0 Å². The second-order valence-corrected chi connectivity index (χ2v) is 10.6. The fourth-order valence-electron chi connectivity index (χ4n) is 4.79. The zero-order chi connectivity index (χ0) is 27.2. The molecule has 5 rings (SSSR count). The standard InChI is InChI=1S/C27H32N4O7S/c32-23(28-14-18-7-8-21-22(13-18)38-17-37-21)6-2-1-3-10-30-26(34)25-20(9-12-39-25)31(27(30)35)16-24(33)29-15-19-5-4-11-36-19/h7-9,12-13,19H,1-6,10-11,14-17H2,(H,28,32)(H,29,33). The normalized spacial score (nSPS) is 16.1. The molecule has 4 heterocycles. The number of nitrogens with zero attached hydrogens (tertiary/aromatic N) is 2. The molecule has 208 valence electrons. The second kappa shape index (κ2) is 12.5. The third-order valence-electron chi connectivity index (χ3n) is 6.90. The van der Waals surface area contributed by atoms with Crippen LogP contribution in [0.15, 0.2) is 39.2 Å². The molecule has 0 aliphatic carbocycles. The Morgan fingerprint density at radius 3 is 2.72 bits per heavy atom. The number of thiophene rings is 1. The number of hydrogen-bond acceptors (Lipinski definition) is 8. The van der Waals surface area contributed by atoms with Gasteiger partial charge in [-0.05, 0) is 54.8 Å². The van der Waals surface area contributed by atoms with Gasteiger partial charge in [0, 0.05) is 32.7 Å². The van der Waals surface area contributed by atoms with Crippen molar-refractivity contribution in [3.05, 3.63) is 56.0 Å². The van der Waals surface area contributed by atoms with E-state index in [1.165, 1.54) is 20.5 Å². The Hall–Kier alpha value is -3.64. The molecule has 1 aromatic carbocycles. The van der Waals surface area contributed by atoms with Crippen LogP contribution in [-0.4, -0.2) is 47.0 Å². The summed E-state index contributed by atoms with van der Waals surface area (Å²) < 4.78 is 19.2. The molecule has 1 atom stereocenters. The zero-order valence-electron chi connectivity index (χ0n) is 21.6. The van der Waals surface area contributed by atoms with Crippen LogP contribution in [0, 0.1) is 0 Å². The predicted octanol–water partition coefficient (Wildman–Crippen LogP) is 2.13. The summed E-state index contributed by atoms with van der Waals surface area (Å²) >= 11 is 1.26. The summed E-state index contributed by atoms with van der Waals surface area (Å²) in [6.45, 7) is 1.77. The van der Waals surface area contributed by atoms with Crippen LogP contribution in [0.5, 0.6) is 11.5 Å². The fraction of sp³-hybridized carbons (Fsp3) is 0.481. The van der Waals surface area contributed by atoms with Gasteiger partial charge in [-0.1, -0.05) is 12.5 Å². The van der Waals surface area contributed by atoms with E-state index in [0.717, 1.165) is 18.4 Å². The summed E-state index contributed by atoms with van der Waals surface area (Å²) in [4.78, 5) is 51.0. The largest absolute Gasteiger partial charge is 0.454 e. The van der Waals surface area contributed by atoms with E-state index in [-0.39, 0.29) is 43.4 Å². The van der Waals surface area contributed by atoms with Gasteiger partial charge in [0.25, 0.3) is 5.56 Å². The van der Waals surface area contributed by atoms with Gasteiger partial charge in [0.05, 0.1) is 11.6 Å². The summed E-state index contributed by atoms with van der Waals surface area (Å²) in [6, 6.07) is 7.26. The Balaban J connectivity index is 1.11. The highest BCUT2D eigenvalue weighted by atomic mass is 32.1. The smallest absolute Gasteiger partial charge is 0.332 e. The summed E-state index contributed by atoms with van der Waals surface area (Å²) in [5.41, 5.74) is 0.549. The Labute approximate surface area is 228 Å². The molecule has 2 aromatic heterocycles. The Bertz CT molecular complexity index is 1450. The van der Waals surface area contributed by atoms with E-state index < -0.39 is 5.69 Å². The molecule has 0 spiro atoms. The molecule has 39 heavy (non-hydrogen) atoms. The van der Waals surface area contributed by atoms with Gasteiger partial charge < -0.3 is 24.8 Å². The summed E-state index contributed by atoms with van der Waals surface area (Å²) in [7, 11) is 0. The lowest BCUT2D eigenvalue weighted by atomic mass is 10.1. The van der Waals surface area contributed by atoms with Gasteiger partial charge in [-0.25, -0.2) is 4.79 Å². The van der Waals surface area contributed by atoms with E-state index >= 15 is 0 Å². The molecule has 1 unspecified atom stereocenters. The van der Waals surface area contributed by atoms with Crippen LogP contribution in [-0.2, 0) is 34.0 Å². The van der Waals surface area contributed by atoms with E-state index in [1.807, 2.05) is 18.2 Å². The average molecular weight is 557 g/mol. The minimum Gasteiger partial charge on any atom is -0.454 e. The molecule has 2 aliphatic heterocycles. The van der Waals surface area contributed by atoms with Crippen LogP contribution >= 0.6 is 11.3 Å². The fourth-order valence-corrected chi connectivity index (χ4v) is 5.63. The molecule has 2 amide bonds. The third kappa shape index (κ3) is 6.51. The van der Waals surface area contributed by atoms with Crippen molar-refractivity contribution in [3.63, 3.8) is 0 Å². The Morgan fingerprint density at radius 2 is 1.87 bits per heavy atom. The lowest BCUT2D eigenvalue weighted by Gasteiger charge is -2.14. The molecule has 0 radical (unpaired) electrons. The molecule has 11 nitrogen and oxygen atoms in total. The first-order valence-corrected chi connectivity index (χ1v) is 14.1. The molecular weight excluding hydrogens is 524 g/mol. The maximum atomic E-state index is 13.2. The first-order chi connectivity index (χ1) is 19.0. The number of aromatic nitrogens is 2. The number of carbonyl (C=O) groups is 2. The summed E-state index contributed by atoms with van der Waals surface area (Å²) in [5, 5.41) is 7.48. The SMILES string of the molecule is O=C(CCCCCn1c(=O)c2sccc2n(CC(=O)NCC2CCCO2)c1=O)NCc1ccc2c(c1)OCO2. The minimum absolute atomic E-state index is 0.00606. The Morgan fingerprint density at radius 1 is 1.00 bits per heavy atom. The van der Waals surface area contributed by atoms with E-state index in [0.29, 0.717) is 67.1 Å². The van der Waals surface area contributed by atoms with Gasteiger partial charge in [0.15, 0.2) is 11.5 Å². The number of benzene rings is 1. The highest BCUT2D eigenvalue weighted by Crippen LogP contribution is 2.32. The number of unbranched alkanes of at least 4 members (excludes halogenated alkanes) is 2. The van der Waals surface area contributed by atoms with Gasteiger partial charge in [-0.3, -0.25) is 23.5 Å². The molecule has 0 saturated carbocycles. The van der Waals surface area contributed by atoms with E-state index in [1.54, 1.807) is 11.4 Å². The third-order valence-corrected chi connectivity index (χ3v) is 7.79. The molecule has 1 fully saturated rings. The average Bonchev–Trinajstić information content (AvgIpc) is 3.72. The summed E-state index contributed by atoms with van der Waals surface area (Å²) in [5.74, 6) is 1.02. The highest BCUT2D eigenvalue weighted by molar-refractivity contribution is 7.17. The van der Waals surface area contributed by atoms with Crippen molar-refractivity contribution in [1.29, 1.82) is 0 Å². The van der Waals surface area contributed by atoms with Crippen LogP contribution in [0.2, 0.25) is 0 Å². The van der Waals surface area contributed by atoms with Crippen LogP contribution in [0.3, 0.4) is 0 Å². The van der Waals surface area contributed by atoms with Crippen LogP contribution in [0.25, 0.3) is 10.2 Å². The van der Waals surface area contributed by atoms with Crippen molar-refractivity contribution in [3.8, 4) is 11.5 Å². The monoisotopic (exact) mass is 556 g/mol. The quantitative estimate of drug-likeness (QED) is 0.327. The maximum Gasteiger partial charge on any atom is 0.332 e. The maximum absolute atomic E-state index is 13.2. The Kier molecular flexibility index (Phi) is 8.62. The number of hydrogen-bond donors (Lipinski definition) is 2.